The van der Waals surface area contributed by atoms with E-state index < -0.39 is 5.97 Å². The molecule has 6 nitrogen and oxygen atoms in total. The summed E-state index contributed by atoms with van der Waals surface area (Å²) in [7, 11) is 1.28. The smallest absolute Gasteiger partial charge is 0.343 e. The number of ether oxygens (including phenoxy) is 2. The Morgan fingerprint density at radius 1 is 1.39 bits per heavy atom. The second kappa shape index (κ2) is 6.21. The number of rotatable bonds is 4. The molecule has 2 heterocycles. The van der Waals surface area contributed by atoms with Crippen LogP contribution < -0.4 is 10.2 Å². The van der Waals surface area contributed by atoms with Gasteiger partial charge in [-0.1, -0.05) is 0 Å². The number of aryl methyl sites for hydroxylation is 1. The maximum absolute atomic E-state index is 12.6. The summed E-state index contributed by atoms with van der Waals surface area (Å²) in [6.07, 6.45) is 1.39. The van der Waals surface area contributed by atoms with Gasteiger partial charge in [-0.05, 0) is 19.1 Å². The predicted octanol–water partition coefficient (Wildman–Crippen LogP) is 2.78. The Labute approximate surface area is 135 Å². The number of nitrogens with zero attached hydrogens (tertiary/aromatic N) is 1. The van der Waals surface area contributed by atoms with Crippen molar-refractivity contribution in [1.29, 1.82) is 0 Å². The number of carbonyl (C=O) groups excluding carboxylic acids is 1. The summed E-state index contributed by atoms with van der Waals surface area (Å²) < 4.78 is 15.3. The van der Waals surface area contributed by atoms with E-state index >= 15 is 0 Å². The van der Waals surface area contributed by atoms with Crippen LogP contribution in [0.3, 0.4) is 0 Å². The van der Waals surface area contributed by atoms with Gasteiger partial charge in [0, 0.05) is 11.4 Å². The Kier molecular flexibility index (Phi) is 4.12. The predicted molar refractivity (Wildman–Crippen MR) is 85.8 cm³/mol. The van der Waals surface area contributed by atoms with Crippen molar-refractivity contribution in [3.05, 3.63) is 45.1 Å². The topological polar surface area (TPSA) is 78.6 Å². The molecule has 2 aromatic heterocycles. The van der Waals surface area contributed by atoms with Crippen LogP contribution in [-0.4, -0.2) is 24.7 Å². The van der Waals surface area contributed by atoms with Crippen LogP contribution in [0.25, 0.3) is 22.2 Å². The molecule has 0 atom stereocenters. The molecule has 23 heavy (non-hydrogen) atoms. The fourth-order valence-corrected chi connectivity index (χ4v) is 2.68. The first-order valence-corrected chi connectivity index (χ1v) is 7.64. The maximum atomic E-state index is 12.6. The van der Waals surface area contributed by atoms with Crippen LogP contribution in [0, 0.1) is 6.92 Å². The van der Waals surface area contributed by atoms with Gasteiger partial charge in [0.2, 0.25) is 5.43 Å². The molecule has 0 aliphatic rings. The molecular weight excluding hydrogens is 318 g/mol. The molecule has 118 valence electrons. The van der Waals surface area contributed by atoms with Crippen LogP contribution in [0.1, 0.15) is 5.01 Å². The normalized spacial score (nSPS) is 10.7. The number of benzene rings is 1. The van der Waals surface area contributed by atoms with Crippen LogP contribution in [0.15, 0.2) is 39.1 Å². The Morgan fingerprint density at radius 3 is 2.91 bits per heavy atom. The molecule has 0 bridgehead atoms. The quantitative estimate of drug-likeness (QED) is 0.684. The van der Waals surface area contributed by atoms with E-state index in [0.717, 1.165) is 5.01 Å². The third-order valence-corrected chi connectivity index (χ3v) is 4.00. The number of fused-ring (bicyclic) bond motifs is 1. The summed E-state index contributed by atoms with van der Waals surface area (Å²) in [5.74, 6) is -0.0656. The minimum atomic E-state index is -0.485. The fraction of sp³-hybridized carbons (Fsp3) is 0.188. The third-order valence-electron chi connectivity index (χ3n) is 3.23. The van der Waals surface area contributed by atoms with E-state index in [0.29, 0.717) is 28.0 Å². The molecule has 0 unspecified atom stereocenters. The number of thiazole rings is 1. The fourth-order valence-electron chi connectivity index (χ4n) is 2.06. The molecule has 3 aromatic rings. The molecule has 0 fully saturated rings. The van der Waals surface area contributed by atoms with Crippen LogP contribution in [0.4, 0.5) is 0 Å². The van der Waals surface area contributed by atoms with Crippen LogP contribution in [0.2, 0.25) is 0 Å². The van der Waals surface area contributed by atoms with Gasteiger partial charge >= 0.3 is 5.97 Å². The molecule has 0 amide bonds. The van der Waals surface area contributed by atoms with Gasteiger partial charge in [0.05, 0.1) is 28.8 Å². The van der Waals surface area contributed by atoms with Gasteiger partial charge in [0.1, 0.15) is 17.6 Å². The Bertz CT molecular complexity index is 928. The lowest BCUT2D eigenvalue weighted by molar-refractivity contribution is -0.142. The number of hydrogen-bond donors (Lipinski definition) is 0. The van der Waals surface area contributed by atoms with Gasteiger partial charge in [-0.3, -0.25) is 4.79 Å². The van der Waals surface area contributed by atoms with Gasteiger partial charge in [-0.25, -0.2) is 9.78 Å². The highest BCUT2D eigenvalue weighted by molar-refractivity contribution is 7.09. The van der Waals surface area contributed by atoms with Gasteiger partial charge in [-0.2, -0.15) is 0 Å². The average molecular weight is 331 g/mol. The number of aromatic nitrogens is 1. The SMILES string of the molecule is COC(=O)COc1ccc2c(=O)c(-c3csc(C)n3)coc2c1. The largest absolute Gasteiger partial charge is 0.482 e. The Hall–Kier alpha value is -2.67. The van der Waals surface area contributed by atoms with Crippen molar-refractivity contribution in [3.8, 4) is 17.0 Å². The lowest BCUT2D eigenvalue weighted by atomic mass is 10.1. The molecule has 0 saturated heterocycles. The zero-order chi connectivity index (χ0) is 16.4. The summed E-state index contributed by atoms with van der Waals surface area (Å²) in [5, 5.41) is 3.13. The van der Waals surface area contributed by atoms with E-state index in [1.54, 1.807) is 18.2 Å². The number of methoxy groups -OCH3 is 1. The van der Waals surface area contributed by atoms with E-state index in [1.165, 1.54) is 24.7 Å². The zero-order valence-corrected chi connectivity index (χ0v) is 13.3. The molecule has 1 aromatic carbocycles. The molecule has 3 rings (SSSR count). The van der Waals surface area contributed by atoms with Gasteiger partial charge in [0.15, 0.2) is 6.61 Å². The van der Waals surface area contributed by atoms with E-state index in [1.807, 2.05) is 12.3 Å². The first-order valence-electron chi connectivity index (χ1n) is 6.76. The van der Waals surface area contributed by atoms with Crippen molar-refractivity contribution in [2.24, 2.45) is 0 Å². The maximum Gasteiger partial charge on any atom is 0.343 e. The molecular formula is C16H13NO5S. The van der Waals surface area contributed by atoms with Gasteiger partial charge in [0.25, 0.3) is 0 Å². The number of esters is 1. The second-order valence-electron chi connectivity index (χ2n) is 4.75. The standard InChI is InChI=1S/C16H13NO5S/c1-9-17-13(8-23-9)12-6-22-14-5-10(21-7-15(18)20-2)3-4-11(14)16(12)19/h3-6,8H,7H2,1-2H3. The van der Waals surface area contributed by atoms with E-state index in [-0.39, 0.29) is 12.0 Å². The monoisotopic (exact) mass is 331 g/mol. The highest BCUT2D eigenvalue weighted by Gasteiger charge is 2.12. The van der Waals surface area contributed by atoms with E-state index in [4.69, 9.17) is 9.15 Å². The molecule has 0 spiro atoms. The van der Waals surface area contributed by atoms with Crippen molar-refractivity contribution in [3.63, 3.8) is 0 Å². The van der Waals surface area contributed by atoms with Gasteiger partial charge < -0.3 is 13.9 Å². The van der Waals surface area contributed by atoms with E-state index in [2.05, 4.69) is 9.72 Å². The number of hydrogen-bond acceptors (Lipinski definition) is 7. The molecule has 7 heteroatoms. The van der Waals surface area contributed by atoms with Crippen molar-refractivity contribution in [2.75, 3.05) is 13.7 Å². The first kappa shape index (κ1) is 15.2. The summed E-state index contributed by atoms with van der Waals surface area (Å²) in [6, 6.07) is 4.78. The third kappa shape index (κ3) is 3.09. The average Bonchev–Trinajstić information content (AvgIpc) is 2.99. The highest BCUT2D eigenvalue weighted by Crippen LogP contribution is 2.24. The van der Waals surface area contributed by atoms with Crippen molar-refractivity contribution in [1.82, 2.24) is 4.98 Å². The summed E-state index contributed by atoms with van der Waals surface area (Å²) in [6.45, 7) is 1.67. The minimum absolute atomic E-state index is 0.156. The Morgan fingerprint density at radius 2 is 2.22 bits per heavy atom. The lowest BCUT2D eigenvalue weighted by Gasteiger charge is -2.06. The summed E-state index contributed by atoms with van der Waals surface area (Å²) in [4.78, 5) is 27.9. The lowest BCUT2D eigenvalue weighted by Crippen LogP contribution is -2.12. The van der Waals surface area contributed by atoms with Gasteiger partial charge in [-0.15, -0.1) is 11.3 Å². The van der Waals surface area contributed by atoms with Crippen molar-refractivity contribution in [2.45, 2.75) is 6.92 Å². The molecule has 0 saturated carbocycles. The molecule has 0 aliphatic carbocycles. The van der Waals surface area contributed by atoms with Crippen molar-refractivity contribution < 1.29 is 18.7 Å². The van der Waals surface area contributed by atoms with Crippen molar-refractivity contribution >= 4 is 28.3 Å². The Balaban J connectivity index is 1.96. The summed E-state index contributed by atoms with van der Waals surface area (Å²) in [5.41, 5.74) is 1.25. The summed E-state index contributed by atoms with van der Waals surface area (Å²) >= 11 is 1.47. The number of carbonyl (C=O) groups is 1. The van der Waals surface area contributed by atoms with Crippen LogP contribution in [-0.2, 0) is 9.53 Å². The zero-order valence-electron chi connectivity index (χ0n) is 12.5. The first-order chi connectivity index (χ1) is 11.1. The van der Waals surface area contributed by atoms with Crippen LogP contribution >= 0.6 is 11.3 Å². The highest BCUT2D eigenvalue weighted by atomic mass is 32.1. The molecule has 0 aliphatic heterocycles. The molecule has 0 radical (unpaired) electrons. The van der Waals surface area contributed by atoms with E-state index in [9.17, 15) is 9.59 Å². The second-order valence-corrected chi connectivity index (χ2v) is 5.82. The minimum Gasteiger partial charge on any atom is -0.482 e. The molecule has 0 N–H and O–H groups in total. The van der Waals surface area contributed by atoms with Crippen LogP contribution in [0.5, 0.6) is 5.75 Å².